The molecule has 1 aliphatic rings. The van der Waals surface area contributed by atoms with Crippen molar-refractivity contribution in [2.45, 2.75) is 45.3 Å². The molecule has 0 spiro atoms. The average Bonchev–Trinajstić information content (AvgIpc) is 2.67. The van der Waals surface area contributed by atoms with Gasteiger partial charge in [-0.05, 0) is 69.0 Å². The zero-order valence-electron chi connectivity index (χ0n) is 16.8. The summed E-state index contributed by atoms with van der Waals surface area (Å²) >= 11 is 5.92. The van der Waals surface area contributed by atoms with Crippen molar-refractivity contribution in [2.24, 2.45) is 11.5 Å². The first kappa shape index (κ1) is 21.0. The molecular formula is C22H26ClN3O3. The van der Waals surface area contributed by atoms with Crippen LogP contribution in [0.25, 0.3) is 0 Å². The maximum atomic E-state index is 12.6. The van der Waals surface area contributed by atoms with Gasteiger partial charge in [0.2, 0.25) is 0 Å². The van der Waals surface area contributed by atoms with Gasteiger partial charge in [0.25, 0.3) is 0 Å². The number of hydrogen-bond acceptors (Lipinski definition) is 6. The third-order valence-electron chi connectivity index (χ3n) is 4.83. The van der Waals surface area contributed by atoms with Gasteiger partial charge < -0.3 is 26.3 Å². The normalized spacial score (nSPS) is 14.5. The number of anilines is 1. The lowest BCUT2D eigenvalue weighted by molar-refractivity contribution is -0.158. The Morgan fingerprint density at radius 3 is 2.62 bits per heavy atom. The highest BCUT2D eigenvalue weighted by Crippen LogP contribution is 2.33. The molecule has 1 heterocycles. The molecule has 2 aromatic carbocycles. The summed E-state index contributed by atoms with van der Waals surface area (Å²) in [6.45, 7) is 5.53. The number of carbonyl (C=O) groups excluding carboxylic acids is 1. The molecule has 2 aromatic rings. The van der Waals surface area contributed by atoms with Crippen LogP contribution < -0.4 is 21.5 Å². The number of fused-ring (bicyclic) bond motifs is 1. The highest BCUT2D eigenvalue weighted by molar-refractivity contribution is 6.30. The molecule has 1 atom stereocenters. The van der Waals surface area contributed by atoms with E-state index in [4.69, 9.17) is 32.5 Å². The Labute approximate surface area is 175 Å². The Morgan fingerprint density at radius 1 is 1.24 bits per heavy atom. The second-order valence-corrected chi connectivity index (χ2v) is 8.17. The first-order valence-corrected chi connectivity index (χ1v) is 9.80. The highest BCUT2D eigenvalue weighted by atomic mass is 35.5. The maximum absolute atomic E-state index is 12.6. The van der Waals surface area contributed by atoms with Gasteiger partial charge in [-0.25, -0.2) is 4.79 Å². The van der Waals surface area contributed by atoms with Crippen LogP contribution in [0.4, 0.5) is 5.69 Å². The number of nitrogens with one attached hydrogen (secondary N) is 1. The van der Waals surface area contributed by atoms with Gasteiger partial charge in [-0.2, -0.15) is 0 Å². The number of nitrogens with two attached hydrogens (primary N) is 2. The lowest BCUT2D eigenvalue weighted by Gasteiger charge is -2.27. The number of carbonyl (C=O) groups is 1. The van der Waals surface area contributed by atoms with Crippen LogP contribution in [-0.2, 0) is 16.0 Å². The summed E-state index contributed by atoms with van der Waals surface area (Å²) < 4.78 is 11.3. The molecule has 6 nitrogen and oxygen atoms in total. The highest BCUT2D eigenvalue weighted by Gasteiger charge is 2.28. The molecule has 7 heteroatoms. The number of halogens is 1. The molecule has 29 heavy (non-hydrogen) atoms. The number of aryl methyl sites for hydroxylation is 1. The summed E-state index contributed by atoms with van der Waals surface area (Å²) in [4.78, 5) is 12.6. The van der Waals surface area contributed by atoms with Gasteiger partial charge in [-0.1, -0.05) is 29.8 Å². The van der Waals surface area contributed by atoms with Crippen LogP contribution in [0.15, 0.2) is 54.0 Å². The SMILES string of the molecule is CC1=C(N)Nc2cc(C(N)C(=O)OC(C)(C)CCc3ccc(Cl)cc3)ccc2O1. The molecule has 1 aliphatic heterocycles. The van der Waals surface area contributed by atoms with E-state index in [1.165, 1.54) is 0 Å². The second-order valence-electron chi connectivity index (χ2n) is 7.74. The van der Waals surface area contributed by atoms with Gasteiger partial charge in [0.1, 0.15) is 23.2 Å². The Hall–Kier alpha value is -2.70. The molecule has 0 saturated heterocycles. The Morgan fingerprint density at radius 2 is 1.93 bits per heavy atom. The van der Waals surface area contributed by atoms with E-state index >= 15 is 0 Å². The van der Waals surface area contributed by atoms with Crippen LogP contribution in [0.5, 0.6) is 5.75 Å². The number of ether oxygens (including phenoxy) is 2. The van der Waals surface area contributed by atoms with Crippen molar-refractivity contribution < 1.29 is 14.3 Å². The summed E-state index contributed by atoms with van der Waals surface area (Å²) in [7, 11) is 0. The number of hydrogen-bond donors (Lipinski definition) is 3. The minimum Gasteiger partial charge on any atom is -0.458 e. The van der Waals surface area contributed by atoms with Crippen molar-refractivity contribution in [1.82, 2.24) is 0 Å². The molecule has 0 aromatic heterocycles. The summed E-state index contributed by atoms with van der Waals surface area (Å²) in [5.41, 5.74) is 13.8. The molecule has 0 saturated carbocycles. The molecule has 3 rings (SSSR count). The quantitative estimate of drug-likeness (QED) is 0.610. The average molecular weight is 416 g/mol. The van der Waals surface area contributed by atoms with Gasteiger partial charge in [-0.3, -0.25) is 0 Å². The summed E-state index contributed by atoms with van der Waals surface area (Å²) in [5.74, 6) is 1.16. The van der Waals surface area contributed by atoms with Crippen molar-refractivity contribution >= 4 is 23.3 Å². The summed E-state index contributed by atoms with van der Waals surface area (Å²) in [6.07, 6.45) is 1.42. The number of rotatable bonds is 6. The van der Waals surface area contributed by atoms with E-state index in [1.54, 1.807) is 25.1 Å². The monoisotopic (exact) mass is 415 g/mol. The fraction of sp³-hybridized carbons (Fsp3) is 0.318. The fourth-order valence-electron chi connectivity index (χ4n) is 3.00. The van der Waals surface area contributed by atoms with Crippen LogP contribution in [0.3, 0.4) is 0 Å². The summed E-state index contributed by atoms with van der Waals surface area (Å²) in [5, 5.41) is 3.75. The molecule has 0 bridgehead atoms. The van der Waals surface area contributed by atoms with E-state index in [0.29, 0.717) is 40.0 Å². The Bertz CT molecular complexity index is 939. The van der Waals surface area contributed by atoms with E-state index < -0.39 is 17.6 Å². The van der Waals surface area contributed by atoms with E-state index in [1.807, 2.05) is 38.1 Å². The van der Waals surface area contributed by atoms with Crippen molar-refractivity contribution in [3.63, 3.8) is 0 Å². The molecule has 154 valence electrons. The topological polar surface area (TPSA) is 99.6 Å². The van der Waals surface area contributed by atoms with Gasteiger partial charge in [0.05, 0.1) is 5.69 Å². The summed E-state index contributed by atoms with van der Waals surface area (Å²) in [6, 6.07) is 12.0. The molecule has 1 unspecified atom stereocenters. The van der Waals surface area contributed by atoms with Crippen molar-refractivity contribution in [2.75, 3.05) is 5.32 Å². The van der Waals surface area contributed by atoms with Crippen LogP contribution in [0, 0.1) is 0 Å². The van der Waals surface area contributed by atoms with Gasteiger partial charge in [0, 0.05) is 5.02 Å². The number of allylic oxidation sites excluding steroid dienone is 1. The lowest BCUT2D eigenvalue weighted by Crippen LogP contribution is -2.34. The van der Waals surface area contributed by atoms with Crippen LogP contribution in [-0.4, -0.2) is 11.6 Å². The van der Waals surface area contributed by atoms with Crippen molar-refractivity contribution in [3.05, 3.63) is 70.2 Å². The molecule has 0 fully saturated rings. The molecule has 5 N–H and O–H groups in total. The van der Waals surface area contributed by atoms with E-state index in [2.05, 4.69) is 5.32 Å². The minimum absolute atomic E-state index is 0.425. The van der Waals surface area contributed by atoms with Gasteiger partial charge in [-0.15, -0.1) is 0 Å². The van der Waals surface area contributed by atoms with Gasteiger partial charge >= 0.3 is 5.97 Å². The molecule has 0 radical (unpaired) electrons. The molecule has 0 aliphatic carbocycles. The smallest absolute Gasteiger partial charge is 0.328 e. The third-order valence-corrected chi connectivity index (χ3v) is 5.09. The zero-order chi connectivity index (χ0) is 21.2. The van der Waals surface area contributed by atoms with E-state index in [9.17, 15) is 4.79 Å². The standard InChI is InChI=1S/C22H26ClN3O3/c1-13-20(25)26-17-12-15(6-9-18(17)28-13)19(24)21(27)29-22(2,3)11-10-14-4-7-16(23)8-5-14/h4-9,12,19,26H,10-11,24-25H2,1-3H3. The molecule has 0 amide bonds. The van der Waals surface area contributed by atoms with Crippen molar-refractivity contribution in [1.29, 1.82) is 0 Å². The predicted octanol–water partition coefficient (Wildman–Crippen LogP) is 4.25. The minimum atomic E-state index is -0.912. The second kappa shape index (κ2) is 8.35. The largest absolute Gasteiger partial charge is 0.458 e. The van der Waals surface area contributed by atoms with Crippen LogP contribution >= 0.6 is 11.6 Å². The first-order chi connectivity index (χ1) is 13.6. The van der Waals surface area contributed by atoms with E-state index in [0.717, 1.165) is 12.0 Å². The third kappa shape index (κ3) is 5.22. The van der Waals surface area contributed by atoms with Crippen LogP contribution in [0.2, 0.25) is 5.02 Å². The zero-order valence-corrected chi connectivity index (χ0v) is 17.5. The number of benzene rings is 2. The first-order valence-electron chi connectivity index (χ1n) is 9.43. The lowest BCUT2D eigenvalue weighted by atomic mass is 9.98. The van der Waals surface area contributed by atoms with Gasteiger partial charge in [0.15, 0.2) is 5.75 Å². The maximum Gasteiger partial charge on any atom is 0.328 e. The number of esters is 1. The predicted molar refractivity (Wildman–Crippen MR) is 114 cm³/mol. The fourth-order valence-corrected chi connectivity index (χ4v) is 3.13. The Kier molecular flexibility index (Phi) is 6.05. The van der Waals surface area contributed by atoms with E-state index in [-0.39, 0.29) is 0 Å². The van der Waals surface area contributed by atoms with Crippen LogP contribution in [0.1, 0.15) is 44.4 Å². The molecular weight excluding hydrogens is 390 g/mol. The Balaban J connectivity index is 1.62. The van der Waals surface area contributed by atoms with Crippen molar-refractivity contribution in [3.8, 4) is 5.75 Å².